The van der Waals surface area contributed by atoms with Crippen molar-refractivity contribution in [1.82, 2.24) is 9.97 Å². The van der Waals surface area contributed by atoms with E-state index in [1.165, 1.54) is 6.20 Å². The third-order valence-corrected chi connectivity index (χ3v) is 2.00. The first-order chi connectivity index (χ1) is 7.57. The highest BCUT2D eigenvalue weighted by Crippen LogP contribution is 2.10. The number of anilines is 1. The van der Waals surface area contributed by atoms with Gasteiger partial charge in [-0.15, -0.1) is 0 Å². The van der Waals surface area contributed by atoms with Crippen molar-refractivity contribution in [2.75, 3.05) is 18.5 Å². The van der Waals surface area contributed by atoms with Crippen molar-refractivity contribution in [2.24, 2.45) is 0 Å². The molecule has 1 N–H and O–H groups in total. The van der Waals surface area contributed by atoms with Crippen LogP contribution in [0.2, 0.25) is 0 Å². The molecule has 1 rings (SSSR count). The van der Waals surface area contributed by atoms with E-state index >= 15 is 0 Å². The normalized spacial score (nSPS) is 10.9. The molecule has 0 saturated carbocycles. The summed E-state index contributed by atoms with van der Waals surface area (Å²) in [5, 5.41) is 11.7. The highest BCUT2D eigenvalue weighted by Gasteiger charge is 2.17. The van der Waals surface area contributed by atoms with E-state index < -0.39 is 0 Å². The summed E-state index contributed by atoms with van der Waals surface area (Å²) < 4.78 is 5.53. The number of nitrogens with zero attached hydrogens (tertiary/aromatic N) is 3. The smallest absolute Gasteiger partial charge is 0.158 e. The van der Waals surface area contributed by atoms with E-state index in [-0.39, 0.29) is 5.60 Å². The third kappa shape index (κ3) is 3.83. The van der Waals surface area contributed by atoms with Crippen LogP contribution >= 0.6 is 0 Å². The fraction of sp³-hybridized carbons (Fsp3) is 0.545. The van der Waals surface area contributed by atoms with Gasteiger partial charge in [-0.3, -0.25) is 0 Å². The van der Waals surface area contributed by atoms with E-state index in [2.05, 4.69) is 15.3 Å². The zero-order valence-electron chi connectivity index (χ0n) is 9.82. The summed E-state index contributed by atoms with van der Waals surface area (Å²) in [6, 6.07) is 1.92. The van der Waals surface area contributed by atoms with Gasteiger partial charge in [0.15, 0.2) is 5.69 Å². The van der Waals surface area contributed by atoms with Gasteiger partial charge in [0, 0.05) is 13.2 Å². The van der Waals surface area contributed by atoms with Gasteiger partial charge in [0.25, 0.3) is 0 Å². The van der Waals surface area contributed by atoms with Gasteiger partial charge in [-0.25, -0.2) is 9.97 Å². The Bertz CT molecular complexity index is 367. The number of nitriles is 1. The van der Waals surface area contributed by atoms with Crippen LogP contribution in [0.15, 0.2) is 12.4 Å². The topological polar surface area (TPSA) is 70.8 Å². The summed E-state index contributed by atoms with van der Waals surface area (Å²) in [5.41, 5.74) is 0.0688. The van der Waals surface area contributed by atoms with Crippen LogP contribution in [0.5, 0.6) is 0 Å². The average molecular weight is 220 g/mol. The van der Waals surface area contributed by atoms with E-state index in [0.717, 1.165) is 0 Å². The first kappa shape index (κ1) is 12.4. The molecule has 5 heteroatoms. The monoisotopic (exact) mass is 220 g/mol. The van der Waals surface area contributed by atoms with Gasteiger partial charge in [0.2, 0.25) is 0 Å². The van der Waals surface area contributed by atoms with Crippen molar-refractivity contribution >= 4 is 5.82 Å². The zero-order valence-corrected chi connectivity index (χ0v) is 9.82. The maximum atomic E-state index is 8.56. The molecule has 0 bridgehead atoms. The lowest BCUT2D eigenvalue weighted by atomic mass is 10.1. The first-order valence-corrected chi connectivity index (χ1v) is 5.17. The molecule has 1 aromatic heterocycles. The summed E-state index contributed by atoms with van der Waals surface area (Å²) >= 11 is 0. The summed E-state index contributed by atoms with van der Waals surface area (Å²) in [4.78, 5) is 7.98. The minimum absolute atomic E-state index is 0.246. The van der Waals surface area contributed by atoms with Crippen LogP contribution in [0.25, 0.3) is 0 Å². The molecule has 0 aromatic carbocycles. The van der Waals surface area contributed by atoms with Crippen LogP contribution in [-0.4, -0.2) is 28.7 Å². The average Bonchev–Trinajstić information content (AvgIpc) is 2.27. The Kier molecular flexibility index (Phi) is 4.20. The fourth-order valence-corrected chi connectivity index (χ4v) is 1.22. The molecule has 0 aliphatic carbocycles. The highest BCUT2D eigenvalue weighted by molar-refractivity contribution is 5.33. The predicted octanol–water partition coefficient (Wildman–Crippen LogP) is 1.58. The number of hydrogen-bond donors (Lipinski definition) is 1. The van der Waals surface area contributed by atoms with Gasteiger partial charge >= 0.3 is 0 Å². The minimum atomic E-state index is -0.246. The second-order valence-electron chi connectivity index (χ2n) is 3.94. The van der Waals surface area contributed by atoms with E-state index in [0.29, 0.717) is 24.7 Å². The summed E-state index contributed by atoms with van der Waals surface area (Å²) in [6.07, 6.45) is 2.98. The summed E-state index contributed by atoms with van der Waals surface area (Å²) in [6.45, 7) is 7.28. The van der Waals surface area contributed by atoms with Crippen molar-refractivity contribution in [3.05, 3.63) is 18.1 Å². The van der Waals surface area contributed by atoms with Crippen LogP contribution in [0.4, 0.5) is 5.82 Å². The molecule has 0 fully saturated rings. The van der Waals surface area contributed by atoms with E-state index in [1.807, 2.05) is 26.8 Å². The largest absolute Gasteiger partial charge is 0.374 e. The van der Waals surface area contributed by atoms with Gasteiger partial charge in [-0.05, 0) is 20.8 Å². The molecule has 1 aromatic rings. The van der Waals surface area contributed by atoms with Crippen molar-refractivity contribution in [3.8, 4) is 6.07 Å². The SMILES string of the molecule is CCOC(C)(C)CNc1cnc(C#N)cn1. The van der Waals surface area contributed by atoms with Gasteiger partial charge in [0.1, 0.15) is 11.9 Å². The molecule has 0 aliphatic heterocycles. The second-order valence-corrected chi connectivity index (χ2v) is 3.94. The molecule has 0 spiro atoms. The Morgan fingerprint density at radius 3 is 2.69 bits per heavy atom. The van der Waals surface area contributed by atoms with E-state index in [4.69, 9.17) is 10.00 Å². The molecular formula is C11H16N4O. The zero-order chi connectivity index (χ0) is 12.0. The number of aromatic nitrogens is 2. The second kappa shape index (κ2) is 5.42. The summed E-state index contributed by atoms with van der Waals surface area (Å²) in [7, 11) is 0. The molecule has 16 heavy (non-hydrogen) atoms. The third-order valence-electron chi connectivity index (χ3n) is 2.00. The van der Waals surface area contributed by atoms with Gasteiger partial charge < -0.3 is 10.1 Å². The van der Waals surface area contributed by atoms with Crippen LogP contribution in [0.1, 0.15) is 26.5 Å². The lowest BCUT2D eigenvalue weighted by Crippen LogP contribution is -2.33. The van der Waals surface area contributed by atoms with Crippen LogP contribution in [0, 0.1) is 11.3 Å². The Hall–Kier alpha value is -1.67. The Labute approximate surface area is 95.5 Å². The lowest BCUT2D eigenvalue weighted by molar-refractivity contribution is 0.000639. The first-order valence-electron chi connectivity index (χ1n) is 5.17. The standard InChI is InChI=1S/C11H16N4O/c1-4-16-11(2,3)8-15-10-7-13-9(5-12)6-14-10/h6-7H,4,8H2,1-3H3,(H,14,15). The van der Waals surface area contributed by atoms with Crippen molar-refractivity contribution in [1.29, 1.82) is 5.26 Å². The summed E-state index contributed by atoms with van der Waals surface area (Å²) in [5.74, 6) is 0.645. The number of nitrogens with one attached hydrogen (secondary N) is 1. The fourth-order valence-electron chi connectivity index (χ4n) is 1.22. The molecule has 5 nitrogen and oxygen atoms in total. The Morgan fingerprint density at radius 2 is 2.19 bits per heavy atom. The van der Waals surface area contributed by atoms with Crippen LogP contribution in [0.3, 0.4) is 0 Å². The lowest BCUT2D eigenvalue weighted by Gasteiger charge is -2.24. The maximum absolute atomic E-state index is 8.56. The molecule has 0 atom stereocenters. The molecule has 86 valence electrons. The molecule has 1 heterocycles. The van der Waals surface area contributed by atoms with Crippen LogP contribution in [-0.2, 0) is 4.74 Å². The molecule has 0 aliphatic rings. The molecule has 0 radical (unpaired) electrons. The van der Waals surface area contributed by atoms with Gasteiger partial charge in [-0.2, -0.15) is 5.26 Å². The number of ether oxygens (including phenoxy) is 1. The van der Waals surface area contributed by atoms with Crippen LogP contribution < -0.4 is 5.32 Å². The Morgan fingerprint density at radius 1 is 1.44 bits per heavy atom. The van der Waals surface area contributed by atoms with Crippen molar-refractivity contribution < 1.29 is 4.74 Å². The van der Waals surface area contributed by atoms with E-state index in [9.17, 15) is 0 Å². The highest BCUT2D eigenvalue weighted by atomic mass is 16.5. The van der Waals surface area contributed by atoms with Gasteiger partial charge in [-0.1, -0.05) is 0 Å². The van der Waals surface area contributed by atoms with Crippen molar-refractivity contribution in [3.63, 3.8) is 0 Å². The number of rotatable bonds is 5. The minimum Gasteiger partial charge on any atom is -0.374 e. The van der Waals surface area contributed by atoms with Gasteiger partial charge in [0.05, 0.1) is 18.0 Å². The molecule has 0 amide bonds. The molecule has 0 saturated heterocycles. The molecule has 0 unspecified atom stereocenters. The Balaban J connectivity index is 2.52. The quantitative estimate of drug-likeness (QED) is 0.815. The van der Waals surface area contributed by atoms with Crippen molar-refractivity contribution in [2.45, 2.75) is 26.4 Å². The van der Waals surface area contributed by atoms with E-state index in [1.54, 1.807) is 6.20 Å². The number of hydrogen-bond acceptors (Lipinski definition) is 5. The molecular weight excluding hydrogens is 204 g/mol. The maximum Gasteiger partial charge on any atom is 0.158 e. The predicted molar refractivity (Wildman–Crippen MR) is 60.9 cm³/mol.